The molecule has 0 spiro atoms. The molecule has 2 N–H and O–H groups in total. The van der Waals surface area contributed by atoms with Crippen LogP contribution in [0.5, 0.6) is 0 Å². The molecular formula is C14H12N2O3S2. The minimum Gasteiger partial charge on any atom is -0.478 e. The molecule has 0 aliphatic heterocycles. The molecule has 108 valence electrons. The summed E-state index contributed by atoms with van der Waals surface area (Å²) in [7, 11) is 0. The van der Waals surface area contributed by atoms with Gasteiger partial charge in [-0.05, 0) is 35.9 Å². The smallest absolute Gasteiger partial charge is 0.328 e. The maximum atomic E-state index is 12.2. The molecule has 0 aromatic carbocycles. The fraction of sp³-hybridized carbons (Fsp3) is 0.214. The maximum Gasteiger partial charge on any atom is 0.328 e. The fourth-order valence-electron chi connectivity index (χ4n) is 1.86. The lowest BCUT2D eigenvalue weighted by atomic mass is 10.2. The molecule has 1 fully saturated rings. The quantitative estimate of drug-likeness (QED) is 0.827. The number of hydrogen-bond donors (Lipinski definition) is 2. The summed E-state index contributed by atoms with van der Waals surface area (Å²) >= 11 is 2.69. The number of carbonyl (C=O) groups is 2. The summed E-state index contributed by atoms with van der Waals surface area (Å²) in [6.07, 6.45) is 4.79. The van der Waals surface area contributed by atoms with Gasteiger partial charge in [-0.2, -0.15) is 0 Å². The van der Waals surface area contributed by atoms with Gasteiger partial charge in [0.25, 0.3) is 5.91 Å². The Morgan fingerprint density at radius 2 is 2.19 bits per heavy atom. The molecule has 1 aliphatic carbocycles. The molecule has 1 aliphatic rings. The predicted molar refractivity (Wildman–Crippen MR) is 83.0 cm³/mol. The molecule has 5 nitrogen and oxygen atoms in total. The molecule has 21 heavy (non-hydrogen) atoms. The zero-order valence-corrected chi connectivity index (χ0v) is 12.5. The third-order valence-corrected chi connectivity index (χ3v) is 4.75. The Morgan fingerprint density at radius 1 is 1.38 bits per heavy atom. The summed E-state index contributed by atoms with van der Waals surface area (Å²) in [5, 5.41) is 15.7. The molecule has 0 bridgehead atoms. The van der Waals surface area contributed by atoms with E-state index in [-0.39, 0.29) is 5.91 Å². The highest BCUT2D eigenvalue weighted by Crippen LogP contribution is 2.40. The largest absolute Gasteiger partial charge is 0.478 e. The Hall–Kier alpha value is -1.99. The number of aromatic nitrogens is 1. The first-order valence-electron chi connectivity index (χ1n) is 6.39. The number of thiazole rings is 1. The molecule has 7 heteroatoms. The lowest BCUT2D eigenvalue weighted by molar-refractivity contribution is -0.131. The fourth-order valence-corrected chi connectivity index (χ4v) is 3.43. The van der Waals surface area contributed by atoms with Crippen molar-refractivity contribution in [2.75, 3.05) is 5.32 Å². The van der Waals surface area contributed by atoms with Crippen molar-refractivity contribution in [2.24, 2.45) is 0 Å². The zero-order chi connectivity index (χ0) is 14.8. The van der Waals surface area contributed by atoms with Crippen LogP contribution >= 0.6 is 22.7 Å². The van der Waals surface area contributed by atoms with Gasteiger partial charge in [-0.15, -0.1) is 22.7 Å². The number of rotatable bonds is 5. The van der Waals surface area contributed by atoms with Gasteiger partial charge in [0.2, 0.25) is 0 Å². The highest BCUT2D eigenvalue weighted by molar-refractivity contribution is 7.14. The van der Waals surface area contributed by atoms with Crippen LogP contribution in [-0.4, -0.2) is 22.0 Å². The number of anilines is 1. The number of thiophene rings is 1. The van der Waals surface area contributed by atoms with Crippen LogP contribution in [0.3, 0.4) is 0 Å². The second-order valence-electron chi connectivity index (χ2n) is 4.68. The molecular weight excluding hydrogens is 308 g/mol. The number of nitrogens with zero attached hydrogens (tertiary/aromatic N) is 1. The van der Waals surface area contributed by atoms with E-state index in [1.807, 2.05) is 5.38 Å². The molecule has 3 rings (SSSR count). The standard InChI is InChI=1S/C14H12N2O3S2/c17-11(18)4-3-9-5-6-20-12(9)13(19)16-14-15-10(7-21-14)8-1-2-8/h3-8H,1-2H2,(H,17,18)(H,15,16,19). The first kappa shape index (κ1) is 14.0. The van der Waals surface area contributed by atoms with Crippen molar-refractivity contribution in [1.29, 1.82) is 0 Å². The monoisotopic (exact) mass is 320 g/mol. The van der Waals surface area contributed by atoms with Crippen molar-refractivity contribution in [3.63, 3.8) is 0 Å². The molecule has 2 heterocycles. The second-order valence-corrected chi connectivity index (χ2v) is 6.46. The van der Waals surface area contributed by atoms with Crippen molar-refractivity contribution in [1.82, 2.24) is 4.98 Å². The average Bonchev–Trinajstić information content (AvgIpc) is 3.00. The number of carbonyl (C=O) groups excluding carboxylic acids is 1. The van der Waals surface area contributed by atoms with Gasteiger partial charge < -0.3 is 5.11 Å². The third kappa shape index (κ3) is 3.37. The van der Waals surface area contributed by atoms with Gasteiger partial charge in [0, 0.05) is 17.4 Å². The molecule has 1 amide bonds. The predicted octanol–water partition coefficient (Wildman–Crippen LogP) is 3.43. The van der Waals surface area contributed by atoms with E-state index in [4.69, 9.17) is 5.11 Å². The van der Waals surface area contributed by atoms with Crippen LogP contribution in [0.4, 0.5) is 5.13 Å². The molecule has 0 unspecified atom stereocenters. The van der Waals surface area contributed by atoms with Crippen LogP contribution in [0.25, 0.3) is 6.08 Å². The molecule has 0 saturated heterocycles. The first-order chi connectivity index (χ1) is 10.1. The van der Waals surface area contributed by atoms with Crippen LogP contribution < -0.4 is 5.32 Å². The number of aliphatic carboxylic acids is 1. The number of carboxylic acids is 1. The van der Waals surface area contributed by atoms with Gasteiger partial charge in [0.1, 0.15) is 0 Å². The van der Waals surface area contributed by atoms with E-state index in [0.29, 0.717) is 21.5 Å². The van der Waals surface area contributed by atoms with Gasteiger partial charge in [-0.1, -0.05) is 0 Å². The maximum absolute atomic E-state index is 12.2. The summed E-state index contributed by atoms with van der Waals surface area (Å²) in [4.78, 5) is 27.7. The van der Waals surface area contributed by atoms with Gasteiger partial charge in [-0.3, -0.25) is 10.1 Å². The highest BCUT2D eigenvalue weighted by atomic mass is 32.1. The lowest BCUT2D eigenvalue weighted by Gasteiger charge is -2.00. The summed E-state index contributed by atoms with van der Waals surface area (Å²) < 4.78 is 0. The van der Waals surface area contributed by atoms with Crippen molar-refractivity contribution in [2.45, 2.75) is 18.8 Å². The minimum absolute atomic E-state index is 0.258. The topological polar surface area (TPSA) is 79.3 Å². The van der Waals surface area contributed by atoms with E-state index in [2.05, 4.69) is 10.3 Å². The Labute approximate surface area is 129 Å². The number of hydrogen-bond acceptors (Lipinski definition) is 5. The van der Waals surface area contributed by atoms with Crippen molar-refractivity contribution in [3.05, 3.63) is 39.0 Å². The van der Waals surface area contributed by atoms with E-state index < -0.39 is 5.97 Å². The number of carboxylic acid groups (broad SMARTS) is 1. The Bertz CT molecular complexity index is 713. The third-order valence-electron chi connectivity index (χ3n) is 3.05. The number of amides is 1. The van der Waals surface area contributed by atoms with Gasteiger partial charge >= 0.3 is 5.97 Å². The van der Waals surface area contributed by atoms with E-state index in [0.717, 1.165) is 11.8 Å². The van der Waals surface area contributed by atoms with Gasteiger partial charge in [0.05, 0.1) is 10.6 Å². The molecule has 0 atom stereocenters. The van der Waals surface area contributed by atoms with Crippen molar-refractivity contribution >= 4 is 45.8 Å². The normalized spacial score (nSPS) is 14.5. The summed E-state index contributed by atoms with van der Waals surface area (Å²) in [6, 6.07) is 1.72. The summed E-state index contributed by atoms with van der Waals surface area (Å²) in [5.74, 6) is -0.740. The van der Waals surface area contributed by atoms with Gasteiger partial charge in [-0.25, -0.2) is 9.78 Å². The number of nitrogens with one attached hydrogen (secondary N) is 1. The molecule has 2 aromatic rings. The average molecular weight is 320 g/mol. The van der Waals surface area contributed by atoms with Crippen molar-refractivity contribution < 1.29 is 14.7 Å². The van der Waals surface area contributed by atoms with Crippen LogP contribution in [-0.2, 0) is 4.79 Å². The lowest BCUT2D eigenvalue weighted by Crippen LogP contribution is -2.11. The molecule has 0 radical (unpaired) electrons. The Kier molecular flexibility index (Phi) is 3.85. The second kappa shape index (κ2) is 5.79. The molecule has 1 saturated carbocycles. The van der Waals surface area contributed by atoms with Crippen LogP contribution in [0.15, 0.2) is 22.9 Å². The van der Waals surface area contributed by atoms with Crippen LogP contribution in [0, 0.1) is 0 Å². The summed E-state index contributed by atoms with van der Waals surface area (Å²) in [5.41, 5.74) is 1.64. The minimum atomic E-state index is -1.04. The summed E-state index contributed by atoms with van der Waals surface area (Å²) in [6.45, 7) is 0. The zero-order valence-electron chi connectivity index (χ0n) is 10.9. The Balaban J connectivity index is 1.72. The van der Waals surface area contributed by atoms with E-state index in [1.54, 1.807) is 11.4 Å². The first-order valence-corrected chi connectivity index (χ1v) is 8.14. The van der Waals surface area contributed by atoms with Gasteiger partial charge in [0.15, 0.2) is 5.13 Å². The SMILES string of the molecule is O=C(O)C=Cc1ccsc1C(=O)Nc1nc(C2CC2)cs1. The van der Waals surface area contributed by atoms with E-state index in [1.165, 1.54) is 41.6 Å². The van der Waals surface area contributed by atoms with E-state index >= 15 is 0 Å². The Morgan fingerprint density at radius 3 is 2.90 bits per heavy atom. The van der Waals surface area contributed by atoms with E-state index in [9.17, 15) is 9.59 Å². The molecule has 2 aromatic heterocycles. The van der Waals surface area contributed by atoms with Crippen LogP contribution in [0.1, 0.15) is 39.7 Å². The van der Waals surface area contributed by atoms with Crippen molar-refractivity contribution in [3.8, 4) is 0 Å². The van der Waals surface area contributed by atoms with Crippen LogP contribution in [0.2, 0.25) is 0 Å². The highest BCUT2D eigenvalue weighted by Gasteiger charge is 2.26.